The molecule has 0 saturated carbocycles. The largest absolute Gasteiger partial charge is 0.364 e. The number of amides is 2. The van der Waals surface area contributed by atoms with Crippen molar-refractivity contribution in [2.45, 2.75) is 26.2 Å². The summed E-state index contributed by atoms with van der Waals surface area (Å²) in [6, 6.07) is 0. The normalized spacial score (nSPS) is 23.7. The van der Waals surface area contributed by atoms with Crippen LogP contribution in [0.15, 0.2) is 23.2 Å². The minimum atomic E-state index is -0.491. The van der Waals surface area contributed by atoms with E-state index < -0.39 is 5.41 Å². The average Bonchev–Trinajstić information content (AvgIpc) is 3.29. The highest BCUT2D eigenvalue weighted by Gasteiger charge is 2.50. The molecule has 0 bridgehead atoms. The molecular weight excluding hydrogens is 322 g/mol. The Labute approximate surface area is 145 Å². The van der Waals surface area contributed by atoms with E-state index in [4.69, 9.17) is 4.52 Å². The summed E-state index contributed by atoms with van der Waals surface area (Å²) in [4.78, 5) is 29.5. The first-order valence-corrected chi connectivity index (χ1v) is 8.51. The Hall–Kier alpha value is -2.64. The summed E-state index contributed by atoms with van der Waals surface area (Å²) in [6.45, 7) is 3.53. The molecule has 2 aromatic heterocycles. The monoisotopic (exact) mass is 343 g/mol. The number of likely N-dealkylation sites (tertiary alicyclic amines) is 1. The number of nitrogens with zero attached hydrogens (tertiary/aromatic N) is 5. The van der Waals surface area contributed by atoms with Crippen molar-refractivity contribution >= 4 is 17.5 Å². The third-order valence-corrected chi connectivity index (χ3v) is 5.36. The van der Waals surface area contributed by atoms with Crippen molar-refractivity contribution in [2.24, 2.45) is 12.5 Å². The smallest absolute Gasteiger partial charge is 0.259 e. The van der Waals surface area contributed by atoms with Gasteiger partial charge in [0.05, 0.1) is 23.0 Å². The zero-order valence-electron chi connectivity index (χ0n) is 14.4. The lowest BCUT2D eigenvalue weighted by Gasteiger charge is -2.38. The molecule has 2 aromatic rings. The van der Waals surface area contributed by atoms with Gasteiger partial charge in [0.2, 0.25) is 5.91 Å². The van der Waals surface area contributed by atoms with E-state index in [-0.39, 0.29) is 11.8 Å². The van der Waals surface area contributed by atoms with Crippen molar-refractivity contribution in [3.63, 3.8) is 0 Å². The topological polar surface area (TPSA) is 84.5 Å². The highest BCUT2D eigenvalue weighted by molar-refractivity contribution is 6.01. The van der Waals surface area contributed by atoms with Crippen LogP contribution < -0.4 is 4.90 Å². The van der Waals surface area contributed by atoms with E-state index in [1.165, 1.54) is 6.26 Å². The van der Waals surface area contributed by atoms with E-state index in [9.17, 15) is 9.59 Å². The van der Waals surface area contributed by atoms with E-state index in [1.807, 2.05) is 13.2 Å². The number of aromatic nitrogens is 3. The second kappa shape index (κ2) is 5.72. The minimum absolute atomic E-state index is 0.0973. The van der Waals surface area contributed by atoms with Crippen LogP contribution in [0.5, 0.6) is 0 Å². The summed E-state index contributed by atoms with van der Waals surface area (Å²) in [5, 5.41) is 7.94. The van der Waals surface area contributed by atoms with Gasteiger partial charge in [-0.2, -0.15) is 5.10 Å². The molecule has 2 saturated heterocycles. The summed E-state index contributed by atoms with van der Waals surface area (Å²) in [5.41, 5.74) is 1.39. The van der Waals surface area contributed by atoms with Gasteiger partial charge in [0.1, 0.15) is 11.8 Å². The Kier molecular flexibility index (Phi) is 3.63. The van der Waals surface area contributed by atoms with Crippen LogP contribution in [-0.2, 0) is 11.8 Å². The van der Waals surface area contributed by atoms with Gasteiger partial charge in [0, 0.05) is 32.9 Å². The molecule has 0 aliphatic carbocycles. The van der Waals surface area contributed by atoms with E-state index in [0.717, 1.165) is 24.9 Å². The highest BCUT2D eigenvalue weighted by atomic mass is 16.5. The number of piperidine rings is 1. The van der Waals surface area contributed by atoms with Crippen molar-refractivity contribution < 1.29 is 14.1 Å². The van der Waals surface area contributed by atoms with Gasteiger partial charge in [-0.3, -0.25) is 14.3 Å². The maximum absolute atomic E-state index is 13.1. The zero-order valence-corrected chi connectivity index (χ0v) is 14.4. The first kappa shape index (κ1) is 15.9. The molecule has 8 nitrogen and oxygen atoms in total. The standard InChI is InChI=1S/C17H21N5O3/c1-12-14(10-25-19-12)15(23)21-6-3-4-17(11-21)5-7-22(16(17)24)13-8-18-20(2)9-13/h8-10H,3-7,11H2,1-2H3/t17-/m0/s1. The Balaban J connectivity index is 1.55. The molecule has 1 spiro atoms. The molecule has 8 heteroatoms. The predicted octanol–water partition coefficient (Wildman–Crippen LogP) is 1.38. The molecule has 0 aromatic carbocycles. The predicted molar refractivity (Wildman–Crippen MR) is 89.0 cm³/mol. The summed E-state index contributed by atoms with van der Waals surface area (Å²) in [7, 11) is 1.84. The zero-order chi connectivity index (χ0) is 17.6. The molecular formula is C17H21N5O3. The summed E-state index contributed by atoms with van der Waals surface area (Å²) in [6.07, 6.45) is 7.34. The third kappa shape index (κ3) is 2.52. The fraction of sp³-hybridized carbons (Fsp3) is 0.529. The number of aryl methyl sites for hydroxylation is 2. The van der Waals surface area contributed by atoms with Crippen LogP contribution in [-0.4, -0.2) is 51.3 Å². The van der Waals surface area contributed by atoms with Gasteiger partial charge in [0.25, 0.3) is 5.91 Å². The lowest BCUT2D eigenvalue weighted by molar-refractivity contribution is -0.127. The molecule has 1 atom stereocenters. The van der Waals surface area contributed by atoms with Gasteiger partial charge in [0.15, 0.2) is 0 Å². The maximum atomic E-state index is 13.1. The number of carbonyl (C=O) groups is 2. The van der Waals surface area contributed by atoms with Gasteiger partial charge >= 0.3 is 0 Å². The average molecular weight is 343 g/mol. The van der Waals surface area contributed by atoms with Crippen molar-refractivity contribution in [1.82, 2.24) is 19.8 Å². The minimum Gasteiger partial charge on any atom is -0.364 e. The van der Waals surface area contributed by atoms with E-state index >= 15 is 0 Å². The van der Waals surface area contributed by atoms with Gasteiger partial charge in [-0.05, 0) is 26.2 Å². The van der Waals surface area contributed by atoms with E-state index in [2.05, 4.69) is 10.3 Å². The van der Waals surface area contributed by atoms with Crippen molar-refractivity contribution in [3.8, 4) is 0 Å². The van der Waals surface area contributed by atoms with Crippen LogP contribution in [0.25, 0.3) is 0 Å². The van der Waals surface area contributed by atoms with Crippen LogP contribution in [0.2, 0.25) is 0 Å². The summed E-state index contributed by atoms with van der Waals surface area (Å²) >= 11 is 0. The van der Waals surface area contributed by atoms with Gasteiger partial charge < -0.3 is 14.3 Å². The first-order chi connectivity index (χ1) is 12.0. The number of anilines is 1. The maximum Gasteiger partial charge on any atom is 0.259 e. The quantitative estimate of drug-likeness (QED) is 0.822. The second-order valence-electron chi connectivity index (χ2n) is 7.00. The lowest BCUT2D eigenvalue weighted by atomic mass is 9.78. The Morgan fingerprint density at radius 1 is 1.32 bits per heavy atom. The molecule has 132 valence electrons. The van der Waals surface area contributed by atoms with Crippen molar-refractivity contribution in [1.29, 1.82) is 0 Å². The number of carbonyl (C=O) groups excluding carboxylic acids is 2. The second-order valence-corrected chi connectivity index (χ2v) is 7.00. The third-order valence-electron chi connectivity index (χ3n) is 5.36. The SMILES string of the molecule is Cc1nocc1C(=O)N1CCC[C@]2(CCN(c3cnn(C)c3)C2=O)C1. The Morgan fingerprint density at radius 3 is 2.84 bits per heavy atom. The Morgan fingerprint density at radius 2 is 2.16 bits per heavy atom. The van der Waals surface area contributed by atoms with Crippen LogP contribution in [0.4, 0.5) is 5.69 Å². The fourth-order valence-electron chi connectivity index (χ4n) is 3.97. The molecule has 4 heterocycles. The van der Waals surface area contributed by atoms with Crippen molar-refractivity contribution in [3.05, 3.63) is 29.9 Å². The molecule has 25 heavy (non-hydrogen) atoms. The van der Waals surface area contributed by atoms with Gasteiger partial charge in [-0.1, -0.05) is 5.16 Å². The Bertz CT molecular complexity index is 826. The molecule has 2 fully saturated rings. The molecule has 0 N–H and O–H groups in total. The molecule has 0 radical (unpaired) electrons. The summed E-state index contributed by atoms with van der Waals surface area (Å²) in [5.74, 6) is -0.00880. The molecule has 4 rings (SSSR count). The van der Waals surface area contributed by atoms with Crippen LogP contribution in [0.1, 0.15) is 35.3 Å². The van der Waals surface area contributed by atoms with Crippen LogP contribution >= 0.6 is 0 Å². The summed E-state index contributed by atoms with van der Waals surface area (Å²) < 4.78 is 6.58. The fourth-order valence-corrected chi connectivity index (χ4v) is 3.97. The highest BCUT2D eigenvalue weighted by Crippen LogP contribution is 2.42. The van der Waals surface area contributed by atoms with Gasteiger partial charge in [-0.15, -0.1) is 0 Å². The lowest BCUT2D eigenvalue weighted by Crippen LogP contribution is -2.50. The molecule has 0 unspecified atom stereocenters. The van der Waals surface area contributed by atoms with Crippen LogP contribution in [0.3, 0.4) is 0 Å². The van der Waals surface area contributed by atoms with Crippen LogP contribution in [0, 0.1) is 12.3 Å². The molecule has 2 aliphatic rings. The first-order valence-electron chi connectivity index (χ1n) is 8.51. The van der Waals surface area contributed by atoms with Crippen molar-refractivity contribution in [2.75, 3.05) is 24.5 Å². The van der Waals surface area contributed by atoms with E-state index in [0.29, 0.717) is 30.9 Å². The van der Waals surface area contributed by atoms with E-state index in [1.54, 1.807) is 27.6 Å². The number of hydrogen-bond donors (Lipinski definition) is 0. The molecule has 2 amide bonds. The number of hydrogen-bond acceptors (Lipinski definition) is 5. The molecule has 2 aliphatic heterocycles. The number of rotatable bonds is 2. The van der Waals surface area contributed by atoms with Gasteiger partial charge in [-0.25, -0.2) is 0 Å².